The first-order chi connectivity index (χ1) is 8.92. The Morgan fingerprint density at radius 3 is 2.21 bits per heavy atom. The molecular formula is C12H23N3O4. The van der Waals surface area contributed by atoms with Crippen molar-refractivity contribution in [2.45, 2.75) is 26.7 Å². The fourth-order valence-corrected chi connectivity index (χ4v) is 1.72. The van der Waals surface area contributed by atoms with Gasteiger partial charge in [0.2, 0.25) is 5.91 Å². The molecule has 0 aliphatic carbocycles. The number of hydrogen-bond donors (Lipinski definition) is 2. The fraction of sp³-hybridized carbons (Fsp3) is 0.750. The molecule has 0 saturated heterocycles. The number of carbonyl (C=O) groups excluding carboxylic acids is 3. The van der Waals surface area contributed by atoms with E-state index in [0.717, 1.165) is 12.8 Å². The molecular weight excluding hydrogens is 250 g/mol. The topological polar surface area (TPSA) is 102 Å². The summed E-state index contributed by atoms with van der Waals surface area (Å²) in [6.07, 6.45) is 1.90. The molecule has 0 atom stereocenters. The highest BCUT2D eigenvalue weighted by Gasteiger charge is 2.18. The predicted molar refractivity (Wildman–Crippen MR) is 70.3 cm³/mol. The van der Waals surface area contributed by atoms with Crippen LogP contribution in [0.1, 0.15) is 26.7 Å². The maximum atomic E-state index is 11.5. The molecule has 0 unspecified atom stereocenters. The number of nitrogens with two attached hydrogens (primary N) is 1. The van der Waals surface area contributed by atoms with Gasteiger partial charge in [0, 0.05) is 6.54 Å². The second-order valence-corrected chi connectivity index (χ2v) is 4.34. The SMILES string of the molecule is CCC(CC)CN(CC(=O)NC(N)=O)CC(=O)OC. The average molecular weight is 273 g/mol. The fourth-order valence-electron chi connectivity index (χ4n) is 1.72. The van der Waals surface area contributed by atoms with E-state index in [-0.39, 0.29) is 13.1 Å². The highest BCUT2D eigenvalue weighted by atomic mass is 16.5. The lowest BCUT2D eigenvalue weighted by atomic mass is 10.0. The number of carbonyl (C=O) groups is 3. The summed E-state index contributed by atoms with van der Waals surface area (Å²) in [5, 5.41) is 1.98. The van der Waals surface area contributed by atoms with Crippen LogP contribution in [0.3, 0.4) is 0 Å². The molecule has 0 aromatic heterocycles. The number of nitrogens with zero attached hydrogens (tertiary/aromatic N) is 1. The number of nitrogens with one attached hydrogen (secondary N) is 1. The van der Waals surface area contributed by atoms with Gasteiger partial charge >= 0.3 is 12.0 Å². The summed E-state index contributed by atoms with van der Waals surface area (Å²) >= 11 is 0. The van der Waals surface area contributed by atoms with E-state index in [1.807, 2.05) is 19.2 Å². The molecule has 0 radical (unpaired) electrons. The van der Waals surface area contributed by atoms with Crippen LogP contribution in [0.15, 0.2) is 0 Å². The number of imide groups is 1. The minimum atomic E-state index is -0.898. The number of amides is 3. The van der Waals surface area contributed by atoms with Crippen LogP contribution in [0.2, 0.25) is 0 Å². The Morgan fingerprint density at radius 2 is 1.79 bits per heavy atom. The number of hydrogen-bond acceptors (Lipinski definition) is 5. The van der Waals surface area contributed by atoms with Crippen LogP contribution in [0.4, 0.5) is 4.79 Å². The molecule has 7 heteroatoms. The molecule has 0 fully saturated rings. The highest BCUT2D eigenvalue weighted by Crippen LogP contribution is 2.09. The summed E-state index contributed by atoms with van der Waals surface area (Å²) in [5.41, 5.74) is 4.87. The first-order valence-corrected chi connectivity index (χ1v) is 6.31. The quantitative estimate of drug-likeness (QED) is 0.610. The number of methoxy groups -OCH3 is 1. The Morgan fingerprint density at radius 1 is 1.21 bits per heavy atom. The van der Waals surface area contributed by atoms with E-state index in [2.05, 4.69) is 4.74 Å². The maximum Gasteiger partial charge on any atom is 0.319 e. The van der Waals surface area contributed by atoms with Crippen molar-refractivity contribution >= 4 is 17.9 Å². The van der Waals surface area contributed by atoms with Crippen molar-refractivity contribution in [2.24, 2.45) is 11.7 Å². The summed E-state index contributed by atoms with van der Waals surface area (Å²) in [6, 6.07) is -0.898. The Hall–Kier alpha value is -1.63. The number of ether oxygens (including phenoxy) is 1. The summed E-state index contributed by atoms with van der Waals surface area (Å²) in [4.78, 5) is 35.0. The van der Waals surface area contributed by atoms with Gasteiger partial charge in [0.15, 0.2) is 0 Å². The monoisotopic (exact) mass is 273 g/mol. The van der Waals surface area contributed by atoms with Crippen LogP contribution in [-0.2, 0) is 14.3 Å². The van der Waals surface area contributed by atoms with Crippen molar-refractivity contribution in [3.63, 3.8) is 0 Å². The van der Waals surface area contributed by atoms with Crippen LogP contribution < -0.4 is 11.1 Å². The predicted octanol–water partition coefficient (Wildman–Crippen LogP) is 0.0925. The Balaban J connectivity index is 4.52. The highest BCUT2D eigenvalue weighted by molar-refractivity contribution is 5.94. The molecule has 0 aromatic carbocycles. The van der Waals surface area contributed by atoms with Gasteiger partial charge in [-0.3, -0.25) is 19.8 Å². The smallest absolute Gasteiger partial charge is 0.319 e. The standard InChI is InChI=1S/C12H23N3O4/c1-4-9(5-2)6-15(8-11(17)19-3)7-10(16)14-12(13)18/h9H,4-8H2,1-3H3,(H3,13,14,16,18). The zero-order valence-electron chi connectivity index (χ0n) is 11.8. The van der Waals surface area contributed by atoms with E-state index in [1.165, 1.54) is 7.11 Å². The van der Waals surface area contributed by atoms with E-state index >= 15 is 0 Å². The van der Waals surface area contributed by atoms with Crippen molar-refractivity contribution in [1.29, 1.82) is 0 Å². The number of esters is 1. The van der Waals surface area contributed by atoms with Gasteiger partial charge in [-0.15, -0.1) is 0 Å². The summed E-state index contributed by atoms with van der Waals surface area (Å²) < 4.78 is 4.59. The third kappa shape index (κ3) is 8.15. The Labute approximate surface area is 113 Å². The molecule has 0 heterocycles. The normalized spacial score (nSPS) is 10.6. The molecule has 0 bridgehead atoms. The van der Waals surface area contributed by atoms with E-state index in [0.29, 0.717) is 12.5 Å². The first-order valence-electron chi connectivity index (χ1n) is 6.31. The second-order valence-electron chi connectivity index (χ2n) is 4.34. The molecule has 7 nitrogen and oxygen atoms in total. The van der Waals surface area contributed by atoms with E-state index < -0.39 is 17.9 Å². The van der Waals surface area contributed by atoms with Gasteiger partial charge in [-0.1, -0.05) is 26.7 Å². The zero-order chi connectivity index (χ0) is 14.8. The molecule has 110 valence electrons. The van der Waals surface area contributed by atoms with Crippen molar-refractivity contribution in [3.8, 4) is 0 Å². The molecule has 0 aromatic rings. The Bertz CT molecular complexity index is 316. The number of rotatable bonds is 8. The van der Waals surface area contributed by atoms with Crippen molar-refractivity contribution in [3.05, 3.63) is 0 Å². The second kappa shape index (κ2) is 9.32. The van der Waals surface area contributed by atoms with E-state index in [9.17, 15) is 14.4 Å². The van der Waals surface area contributed by atoms with Crippen molar-refractivity contribution in [1.82, 2.24) is 10.2 Å². The van der Waals surface area contributed by atoms with Crippen LogP contribution >= 0.6 is 0 Å². The molecule has 0 saturated carbocycles. The third-order valence-corrected chi connectivity index (χ3v) is 2.88. The van der Waals surface area contributed by atoms with Crippen LogP contribution in [-0.4, -0.2) is 49.6 Å². The maximum absolute atomic E-state index is 11.5. The molecule has 0 rings (SSSR count). The van der Waals surface area contributed by atoms with Gasteiger partial charge in [0.25, 0.3) is 0 Å². The third-order valence-electron chi connectivity index (χ3n) is 2.88. The minimum absolute atomic E-state index is 0.0131. The lowest BCUT2D eigenvalue weighted by molar-refractivity contribution is -0.142. The van der Waals surface area contributed by atoms with Gasteiger partial charge in [-0.05, 0) is 5.92 Å². The average Bonchev–Trinajstić information content (AvgIpc) is 2.34. The molecule has 0 aliphatic rings. The van der Waals surface area contributed by atoms with E-state index in [4.69, 9.17) is 5.73 Å². The van der Waals surface area contributed by atoms with Crippen LogP contribution in [0.5, 0.6) is 0 Å². The van der Waals surface area contributed by atoms with Gasteiger partial charge in [0.05, 0.1) is 20.2 Å². The zero-order valence-corrected chi connectivity index (χ0v) is 11.8. The summed E-state index contributed by atoms with van der Waals surface area (Å²) in [7, 11) is 1.29. The number of primary amides is 1. The van der Waals surface area contributed by atoms with Gasteiger partial charge in [-0.2, -0.15) is 0 Å². The van der Waals surface area contributed by atoms with Crippen molar-refractivity contribution in [2.75, 3.05) is 26.7 Å². The van der Waals surface area contributed by atoms with Crippen molar-refractivity contribution < 1.29 is 19.1 Å². The molecule has 3 amide bonds. The largest absolute Gasteiger partial charge is 0.468 e. The number of urea groups is 1. The van der Waals surface area contributed by atoms with Gasteiger partial charge in [-0.25, -0.2) is 4.79 Å². The van der Waals surface area contributed by atoms with Crippen LogP contribution in [0.25, 0.3) is 0 Å². The lowest BCUT2D eigenvalue weighted by Crippen LogP contribution is -2.45. The molecule has 19 heavy (non-hydrogen) atoms. The molecule has 0 aliphatic heterocycles. The first kappa shape index (κ1) is 17.4. The van der Waals surface area contributed by atoms with Crippen LogP contribution in [0, 0.1) is 5.92 Å². The summed E-state index contributed by atoms with van der Waals surface area (Å²) in [5.74, 6) is -0.564. The molecule has 3 N–H and O–H groups in total. The minimum Gasteiger partial charge on any atom is -0.468 e. The lowest BCUT2D eigenvalue weighted by Gasteiger charge is -2.24. The Kier molecular flexibility index (Phi) is 8.52. The van der Waals surface area contributed by atoms with Gasteiger partial charge in [0.1, 0.15) is 0 Å². The van der Waals surface area contributed by atoms with E-state index in [1.54, 1.807) is 4.90 Å². The van der Waals surface area contributed by atoms with Gasteiger partial charge < -0.3 is 10.5 Å². The summed E-state index contributed by atoms with van der Waals surface area (Å²) in [6.45, 7) is 4.64. The molecule has 0 spiro atoms.